The van der Waals surface area contributed by atoms with Crippen molar-refractivity contribution in [3.63, 3.8) is 0 Å². The van der Waals surface area contributed by atoms with Gasteiger partial charge in [-0.05, 0) is 64.2 Å². The summed E-state index contributed by atoms with van der Waals surface area (Å²) in [6, 6.07) is 0. The molecule has 0 amide bonds. The van der Waals surface area contributed by atoms with E-state index < -0.39 is 5.97 Å². The molecule has 0 aromatic carbocycles. The summed E-state index contributed by atoms with van der Waals surface area (Å²) in [6.07, 6.45) is 44.7. The second-order valence-electron chi connectivity index (χ2n) is 13.1. The Balaban J connectivity index is 3.81. The summed E-state index contributed by atoms with van der Waals surface area (Å²) >= 11 is 0. The predicted molar refractivity (Wildman–Crippen MR) is 190 cm³/mol. The van der Waals surface area contributed by atoms with Gasteiger partial charge in [-0.15, -0.1) is 0 Å². The van der Waals surface area contributed by atoms with E-state index in [0.29, 0.717) is 19.3 Å². The second kappa shape index (κ2) is 35.9. The average Bonchev–Trinajstić information content (AvgIpc) is 3.00. The van der Waals surface area contributed by atoms with Gasteiger partial charge in [0.1, 0.15) is 6.10 Å². The molecule has 0 saturated heterocycles. The zero-order valence-electron chi connectivity index (χ0n) is 29.5. The SMILES string of the molecule is CCCCC/C=C\C/C=C\CCCCCCCCCC(=O)OC(CCCCCCCCCCCCCCC)CCCC(=O)O. The van der Waals surface area contributed by atoms with E-state index in [2.05, 4.69) is 38.2 Å². The third kappa shape index (κ3) is 34.9. The third-order valence-corrected chi connectivity index (χ3v) is 8.68. The van der Waals surface area contributed by atoms with Gasteiger partial charge in [0.05, 0.1) is 0 Å². The zero-order valence-corrected chi connectivity index (χ0v) is 29.5. The molecule has 0 heterocycles. The van der Waals surface area contributed by atoms with E-state index in [1.807, 2.05) is 0 Å². The number of carboxylic acid groups (broad SMARTS) is 1. The molecule has 4 nitrogen and oxygen atoms in total. The highest BCUT2D eigenvalue weighted by Crippen LogP contribution is 2.18. The Bertz CT molecular complexity index is 668. The van der Waals surface area contributed by atoms with Crippen LogP contribution < -0.4 is 0 Å². The highest BCUT2D eigenvalue weighted by atomic mass is 16.5. The fourth-order valence-electron chi connectivity index (χ4n) is 5.81. The van der Waals surface area contributed by atoms with Gasteiger partial charge >= 0.3 is 11.9 Å². The standard InChI is InChI=1S/C40H74O4/c1-3-5-7-9-11-13-15-17-18-19-20-22-24-26-28-30-32-37-40(43)44-38(35-33-36-39(41)42)34-31-29-27-25-23-21-16-14-12-10-8-6-4-2/h11,13,17-18,38H,3-10,12,14-16,19-37H2,1-2H3,(H,41,42)/b13-11-,18-17-. The number of hydrogen-bond donors (Lipinski definition) is 1. The van der Waals surface area contributed by atoms with Crippen molar-refractivity contribution in [3.8, 4) is 0 Å². The average molecular weight is 619 g/mol. The summed E-state index contributed by atoms with van der Waals surface area (Å²) in [5.41, 5.74) is 0. The van der Waals surface area contributed by atoms with Crippen LogP contribution in [0.5, 0.6) is 0 Å². The van der Waals surface area contributed by atoms with Crippen molar-refractivity contribution in [1.29, 1.82) is 0 Å². The monoisotopic (exact) mass is 619 g/mol. The Hall–Kier alpha value is -1.58. The molecule has 4 heteroatoms. The normalized spacial score (nSPS) is 12.4. The molecule has 0 saturated carbocycles. The number of hydrogen-bond acceptors (Lipinski definition) is 3. The fraction of sp³-hybridized carbons (Fsp3) is 0.850. The Labute approximate surface area is 274 Å². The van der Waals surface area contributed by atoms with E-state index >= 15 is 0 Å². The fourth-order valence-corrected chi connectivity index (χ4v) is 5.81. The number of aliphatic carboxylic acids is 1. The van der Waals surface area contributed by atoms with Crippen LogP contribution in [0.2, 0.25) is 0 Å². The summed E-state index contributed by atoms with van der Waals surface area (Å²) in [5.74, 6) is -0.865. The number of rotatable bonds is 35. The van der Waals surface area contributed by atoms with Crippen LogP contribution in [0.3, 0.4) is 0 Å². The Morgan fingerprint density at radius 1 is 0.500 bits per heavy atom. The van der Waals surface area contributed by atoms with Crippen LogP contribution in [0, 0.1) is 0 Å². The number of carboxylic acids is 1. The van der Waals surface area contributed by atoms with Crippen molar-refractivity contribution in [3.05, 3.63) is 24.3 Å². The summed E-state index contributed by atoms with van der Waals surface area (Å²) < 4.78 is 5.83. The molecule has 1 atom stereocenters. The Kier molecular flexibility index (Phi) is 34.6. The lowest BCUT2D eigenvalue weighted by Crippen LogP contribution is -2.18. The molecule has 0 radical (unpaired) electrons. The maximum Gasteiger partial charge on any atom is 0.306 e. The maximum atomic E-state index is 12.5. The van der Waals surface area contributed by atoms with Gasteiger partial charge in [-0.3, -0.25) is 9.59 Å². The van der Waals surface area contributed by atoms with Crippen LogP contribution in [-0.2, 0) is 14.3 Å². The van der Waals surface area contributed by atoms with Crippen LogP contribution in [0.1, 0.15) is 213 Å². The van der Waals surface area contributed by atoms with Gasteiger partial charge in [0.15, 0.2) is 0 Å². The van der Waals surface area contributed by atoms with Gasteiger partial charge in [0.2, 0.25) is 0 Å². The van der Waals surface area contributed by atoms with Crippen molar-refractivity contribution in [2.75, 3.05) is 0 Å². The van der Waals surface area contributed by atoms with Crippen LogP contribution >= 0.6 is 0 Å². The Morgan fingerprint density at radius 3 is 1.43 bits per heavy atom. The minimum Gasteiger partial charge on any atom is -0.481 e. The number of carbonyl (C=O) groups excluding carboxylic acids is 1. The molecule has 0 fully saturated rings. The highest BCUT2D eigenvalue weighted by Gasteiger charge is 2.15. The zero-order chi connectivity index (χ0) is 32.2. The smallest absolute Gasteiger partial charge is 0.306 e. The Morgan fingerprint density at radius 2 is 0.909 bits per heavy atom. The molecule has 0 aromatic rings. The van der Waals surface area contributed by atoms with E-state index in [1.165, 1.54) is 141 Å². The number of carbonyl (C=O) groups is 2. The minimum atomic E-state index is -0.770. The lowest BCUT2D eigenvalue weighted by molar-refractivity contribution is -0.150. The first-order chi connectivity index (χ1) is 21.6. The molecule has 258 valence electrons. The summed E-state index contributed by atoms with van der Waals surface area (Å²) in [5, 5.41) is 9.01. The van der Waals surface area contributed by atoms with Gasteiger partial charge in [-0.1, -0.05) is 160 Å². The van der Waals surface area contributed by atoms with Crippen LogP contribution in [0.15, 0.2) is 24.3 Å². The van der Waals surface area contributed by atoms with E-state index in [0.717, 1.165) is 32.1 Å². The molecular weight excluding hydrogens is 544 g/mol. The van der Waals surface area contributed by atoms with Crippen LogP contribution in [0.4, 0.5) is 0 Å². The largest absolute Gasteiger partial charge is 0.481 e. The van der Waals surface area contributed by atoms with E-state index in [-0.39, 0.29) is 18.5 Å². The lowest BCUT2D eigenvalue weighted by atomic mass is 10.0. The molecule has 0 aromatic heterocycles. The molecule has 0 aliphatic rings. The summed E-state index contributed by atoms with van der Waals surface area (Å²) in [7, 11) is 0. The van der Waals surface area contributed by atoms with Crippen LogP contribution in [-0.4, -0.2) is 23.1 Å². The quantitative estimate of drug-likeness (QED) is 0.0436. The molecule has 44 heavy (non-hydrogen) atoms. The molecule has 0 aliphatic carbocycles. The van der Waals surface area contributed by atoms with Crippen molar-refractivity contribution < 1.29 is 19.4 Å². The first kappa shape index (κ1) is 42.4. The van der Waals surface area contributed by atoms with Gasteiger partial charge in [-0.2, -0.15) is 0 Å². The van der Waals surface area contributed by atoms with E-state index in [1.54, 1.807) is 0 Å². The first-order valence-electron chi connectivity index (χ1n) is 19.3. The van der Waals surface area contributed by atoms with Crippen molar-refractivity contribution in [2.24, 2.45) is 0 Å². The molecule has 0 spiro atoms. The van der Waals surface area contributed by atoms with Crippen molar-refractivity contribution in [2.45, 2.75) is 219 Å². The minimum absolute atomic E-state index is 0.0948. The topological polar surface area (TPSA) is 63.6 Å². The van der Waals surface area contributed by atoms with Gasteiger partial charge in [0, 0.05) is 12.8 Å². The summed E-state index contributed by atoms with van der Waals surface area (Å²) in [6.45, 7) is 4.52. The van der Waals surface area contributed by atoms with Gasteiger partial charge < -0.3 is 9.84 Å². The molecule has 1 N–H and O–H groups in total. The number of esters is 1. The lowest BCUT2D eigenvalue weighted by Gasteiger charge is -2.18. The van der Waals surface area contributed by atoms with Crippen molar-refractivity contribution >= 4 is 11.9 Å². The number of ether oxygens (including phenoxy) is 1. The number of allylic oxidation sites excluding steroid dienone is 4. The van der Waals surface area contributed by atoms with Gasteiger partial charge in [-0.25, -0.2) is 0 Å². The van der Waals surface area contributed by atoms with Crippen molar-refractivity contribution in [1.82, 2.24) is 0 Å². The first-order valence-corrected chi connectivity index (χ1v) is 19.3. The molecular formula is C40H74O4. The second-order valence-corrected chi connectivity index (χ2v) is 13.1. The maximum absolute atomic E-state index is 12.5. The molecule has 0 rings (SSSR count). The van der Waals surface area contributed by atoms with E-state index in [4.69, 9.17) is 9.84 Å². The predicted octanol–water partition coefficient (Wildman–Crippen LogP) is 13.2. The van der Waals surface area contributed by atoms with Crippen LogP contribution in [0.25, 0.3) is 0 Å². The number of unbranched alkanes of at least 4 members (excludes halogenated alkanes) is 22. The van der Waals surface area contributed by atoms with Gasteiger partial charge in [0.25, 0.3) is 0 Å². The third-order valence-electron chi connectivity index (χ3n) is 8.68. The highest BCUT2D eigenvalue weighted by molar-refractivity contribution is 5.69. The summed E-state index contributed by atoms with van der Waals surface area (Å²) in [4.78, 5) is 23.5. The molecule has 0 aliphatic heterocycles. The van der Waals surface area contributed by atoms with E-state index in [9.17, 15) is 9.59 Å². The molecule has 1 unspecified atom stereocenters. The molecule has 0 bridgehead atoms.